The predicted octanol–water partition coefficient (Wildman–Crippen LogP) is 1.89. The standard InChI is InChI=1S/C13H18FNO4S/c1-2-3-7-12(13(16)17)15-20(18,19)9-10-5-4-6-11(14)8-10/h4-6,8,12,15H,2-3,7,9H2,1H3,(H,16,17). The number of hydrogen-bond donors (Lipinski definition) is 2. The highest BCUT2D eigenvalue weighted by atomic mass is 32.2. The number of rotatable bonds is 8. The van der Waals surface area contributed by atoms with Gasteiger partial charge in [-0.25, -0.2) is 17.5 Å². The molecule has 112 valence electrons. The van der Waals surface area contributed by atoms with Crippen molar-refractivity contribution in [3.05, 3.63) is 35.6 Å². The first kappa shape index (κ1) is 16.6. The summed E-state index contributed by atoms with van der Waals surface area (Å²) in [7, 11) is -3.82. The summed E-state index contributed by atoms with van der Waals surface area (Å²) < 4.78 is 38.9. The fourth-order valence-corrected chi connectivity index (χ4v) is 3.10. The lowest BCUT2D eigenvalue weighted by Crippen LogP contribution is -2.41. The lowest BCUT2D eigenvalue weighted by molar-refractivity contribution is -0.139. The summed E-state index contributed by atoms with van der Waals surface area (Å²) in [5.41, 5.74) is 0.275. The number of carboxylic acids is 1. The van der Waals surface area contributed by atoms with E-state index in [0.717, 1.165) is 12.5 Å². The van der Waals surface area contributed by atoms with Crippen LogP contribution >= 0.6 is 0 Å². The maximum atomic E-state index is 13.0. The molecule has 0 aliphatic carbocycles. The highest BCUT2D eigenvalue weighted by molar-refractivity contribution is 7.88. The van der Waals surface area contributed by atoms with Gasteiger partial charge in [-0.15, -0.1) is 0 Å². The number of unbranched alkanes of at least 4 members (excludes halogenated alkanes) is 1. The summed E-state index contributed by atoms with van der Waals surface area (Å²) in [6.45, 7) is 1.89. The first-order valence-electron chi connectivity index (χ1n) is 6.31. The topological polar surface area (TPSA) is 83.5 Å². The Bertz CT molecular complexity index is 559. The van der Waals surface area contributed by atoms with Crippen molar-refractivity contribution >= 4 is 16.0 Å². The molecule has 0 spiro atoms. The van der Waals surface area contributed by atoms with Crippen LogP contribution in [0, 0.1) is 5.82 Å². The molecule has 0 radical (unpaired) electrons. The third-order valence-corrected chi connectivity index (χ3v) is 4.07. The largest absolute Gasteiger partial charge is 0.480 e. The minimum absolute atomic E-state index is 0.230. The number of halogens is 1. The molecule has 0 saturated carbocycles. The van der Waals surface area contributed by atoms with Crippen molar-refractivity contribution in [2.24, 2.45) is 0 Å². The summed E-state index contributed by atoms with van der Waals surface area (Å²) in [5, 5.41) is 8.99. The maximum absolute atomic E-state index is 13.0. The maximum Gasteiger partial charge on any atom is 0.321 e. The van der Waals surface area contributed by atoms with Gasteiger partial charge in [-0.2, -0.15) is 0 Å². The Morgan fingerprint density at radius 3 is 2.70 bits per heavy atom. The lowest BCUT2D eigenvalue weighted by atomic mass is 10.1. The van der Waals surface area contributed by atoms with Gasteiger partial charge in [-0.05, 0) is 24.1 Å². The molecule has 0 aliphatic rings. The van der Waals surface area contributed by atoms with Crippen molar-refractivity contribution in [1.29, 1.82) is 0 Å². The van der Waals surface area contributed by atoms with Gasteiger partial charge in [0.15, 0.2) is 0 Å². The summed E-state index contributed by atoms with van der Waals surface area (Å²) in [6, 6.07) is 4.07. The van der Waals surface area contributed by atoms with Gasteiger partial charge in [0, 0.05) is 0 Å². The lowest BCUT2D eigenvalue weighted by Gasteiger charge is -2.14. The molecule has 1 rings (SSSR count). The summed E-state index contributed by atoms with van der Waals surface area (Å²) >= 11 is 0. The fraction of sp³-hybridized carbons (Fsp3) is 0.462. The monoisotopic (exact) mass is 303 g/mol. The molecule has 7 heteroatoms. The molecule has 1 unspecified atom stereocenters. The summed E-state index contributed by atoms with van der Waals surface area (Å²) in [4.78, 5) is 11.0. The SMILES string of the molecule is CCCCC(NS(=O)(=O)Cc1cccc(F)c1)C(=O)O. The number of benzene rings is 1. The van der Waals surface area contributed by atoms with E-state index in [9.17, 15) is 17.6 Å². The first-order valence-corrected chi connectivity index (χ1v) is 7.96. The van der Waals surface area contributed by atoms with Crippen LogP contribution in [0.1, 0.15) is 31.7 Å². The zero-order chi connectivity index (χ0) is 15.2. The van der Waals surface area contributed by atoms with E-state index in [0.29, 0.717) is 6.42 Å². The molecule has 5 nitrogen and oxygen atoms in total. The Morgan fingerprint density at radius 2 is 2.15 bits per heavy atom. The van der Waals surface area contributed by atoms with E-state index in [1.54, 1.807) is 0 Å². The molecule has 0 aromatic heterocycles. The van der Waals surface area contributed by atoms with Crippen LogP contribution in [0.4, 0.5) is 4.39 Å². The van der Waals surface area contributed by atoms with E-state index in [2.05, 4.69) is 4.72 Å². The van der Waals surface area contributed by atoms with Crippen LogP contribution in [0.15, 0.2) is 24.3 Å². The van der Waals surface area contributed by atoms with E-state index in [1.165, 1.54) is 18.2 Å². The van der Waals surface area contributed by atoms with Gasteiger partial charge in [-0.3, -0.25) is 4.79 Å². The van der Waals surface area contributed by atoms with Gasteiger partial charge in [-0.1, -0.05) is 31.9 Å². The van der Waals surface area contributed by atoms with Gasteiger partial charge in [0.05, 0.1) is 5.75 Å². The smallest absolute Gasteiger partial charge is 0.321 e. The Morgan fingerprint density at radius 1 is 1.45 bits per heavy atom. The number of aliphatic carboxylic acids is 1. The molecule has 0 amide bonds. The van der Waals surface area contributed by atoms with Crippen LogP contribution < -0.4 is 4.72 Å². The van der Waals surface area contributed by atoms with Crippen molar-refractivity contribution < 1.29 is 22.7 Å². The van der Waals surface area contributed by atoms with Crippen LogP contribution in [0.5, 0.6) is 0 Å². The second kappa shape index (κ2) is 7.35. The van der Waals surface area contributed by atoms with Crippen molar-refractivity contribution in [3.63, 3.8) is 0 Å². The molecule has 1 aromatic carbocycles. The fourth-order valence-electron chi connectivity index (χ4n) is 1.75. The summed E-state index contributed by atoms with van der Waals surface area (Å²) in [5.74, 6) is -2.18. The average molecular weight is 303 g/mol. The van der Waals surface area contributed by atoms with Crippen LogP contribution in [0.25, 0.3) is 0 Å². The van der Waals surface area contributed by atoms with Gasteiger partial charge in [0.1, 0.15) is 11.9 Å². The van der Waals surface area contributed by atoms with Gasteiger partial charge in [0.2, 0.25) is 10.0 Å². The third-order valence-electron chi connectivity index (χ3n) is 2.71. The number of sulfonamides is 1. The highest BCUT2D eigenvalue weighted by Gasteiger charge is 2.23. The molecule has 0 fully saturated rings. The molecular weight excluding hydrogens is 285 g/mol. The molecule has 2 N–H and O–H groups in total. The minimum Gasteiger partial charge on any atom is -0.480 e. The molecule has 0 aliphatic heterocycles. The molecule has 1 aromatic rings. The molecule has 0 bridgehead atoms. The zero-order valence-electron chi connectivity index (χ0n) is 11.2. The Hall–Kier alpha value is -1.47. The first-order chi connectivity index (χ1) is 9.34. The zero-order valence-corrected chi connectivity index (χ0v) is 12.0. The van der Waals surface area contributed by atoms with E-state index >= 15 is 0 Å². The van der Waals surface area contributed by atoms with Crippen molar-refractivity contribution in [2.45, 2.75) is 38.0 Å². The predicted molar refractivity (Wildman–Crippen MR) is 73.1 cm³/mol. The van der Waals surface area contributed by atoms with Crippen LogP contribution in [-0.2, 0) is 20.6 Å². The quantitative estimate of drug-likeness (QED) is 0.768. The second-order valence-corrected chi connectivity index (χ2v) is 6.29. The molecule has 1 atom stereocenters. The Balaban J connectivity index is 2.75. The van der Waals surface area contributed by atoms with Crippen LogP contribution in [0.3, 0.4) is 0 Å². The highest BCUT2D eigenvalue weighted by Crippen LogP contribution is 2.09. The van der Waals surface area contributed by atoms with Gasteiger partial charge >= 0.3 is 5.97 Å². The third kappa shape index (κ3) is 5.66. The van der Waals surface area contributed by atoms with Crippen molar-refractivity contribution in [1.82, 2.24) is 4.72 Å². The molecule has 20 heavy (non-hydrogen) atoms. The molecule has 0 saturated heterocycles. The number of carbonyl (C=O) groups is 1. The van der Waals surface area contributed by atoms with E-state index in [1.807, 2.05) is 6.92 Å². The van der Waals surface area contributed by atoms with Crippen molar-refractivity contribution in [3.8, 4) is 0 Å². The van der Waals surface area contributed by atoms with Crippen molar-refractivity contribution in [2.75, 3.05) is 0 Å². The number of hydrogen-bond acceptors (Lipinski definition) is 3. The average Bonchev–Trinajstić information content (AvgIpc) is 2.33. The number of nitrogens with one attached hydrogen (secondary N) is 1. The van der Waals surface area contributed by atoms with Crippen LogP contribution in [0.2, 0.25) is 0 Å². The van der Waals surface area contributed by atoms with E-state index in [4.69, 9.17) is 5.11 Å². The number of carboxylic acid groups (broad SMARTS) is 1. The second-order valence-electron chi connectivity index (χ2n) is 4.54. The Labute approximate surface area is 117 Å². The normalized spacial score (nSPS) is 13.1. The minimum atomic E-state index is -3.82. The molecular formula is C13H18FNO4S. The van der Waals surface area contributed by atoms with Crippen LogP contribution in [-0.4, -0.2) is 25.5 Å². The van der Waals surface area contributed by atoms with Gasteiger partial charge in [0.25, 0.3) is 0 Å². The Kier molecular flexibility index (Phi) is 6.09. The molecule has 0 heterocycles. The van der Waals surface area contributed by atoms with Gasteiger partial charge < -0.3 is 5.11 Å². The summed E-state index contributed by atoms with van der Waals surface area (Å²) in [6.07, 6.45) is 1.61. The van der Waals surface area contributed by atoms with E-state index in [-0.39, 0.29) is 12.0 Å². The van der Waals surface area contributed by atoms with E-state index < -0.39 is 33.6 Å².